The molecule has 9 nitrogen and oxygen atoms in total. The lowest BCUT2D eigenvalue weighted by molar-refractivity contribution is -0.111. The van der Waals surface area contributed by atoms with Crippen molar-refractivity contribution in [3.8, 4) is 11.5 Å². The summed E-state index contributed by atoms with van der Waals surface area (Å²) < 4.78 is 31.1. The van der Waals surface area contributed by atoms with Crippen LogP contribution in [0.4, 0.5) is 21.6 Å². The van der Waals surface area contributed by atoms with E-state index in [1.165, 1.54) is 24.5 Å². The van der Waals surface area contributed by atoms with Crippen LogP contribution in [0.1, 0.15) is 18.4 Å². The van der Waals surface area contributed by atoms with Gasteiger partial charge in [0.2, 0.25) is 5.91 Å². The van der Waals surface area contributed by atoms with Gasteiger partial charge in [0.1, 0.15) is 36.1 Å². The fraction of sp³-hybridized carbons (Fsp3) is 0.281. The van der Waals surface area contributed by atoms with Gasteiger partial charge in [0.25, 0.3) is 0 Å². The van der Waals surface area contributed by atoms with E-state index in [-0.39, 0.29) is 18.3 Å². The number of anilines is 3. The summed E-state index contributed by atoms with van der Waals surface area (Å²) in [6, 6.07) is 15.5. The standard InChI is InChI=1S/C32H31ClFN5O4/c1-2-31(40)38-28-14-25-27(15-30(28)41-10-4-9-39-16-24-13-23(39)18-42-24)35-19-36-32(25)37-22-7-8-29(26(33)12-22)43-17-20-5-3-6-21(34)11-20/h2-3,5-8,11-12,14-15,19,23-24H,1,4,9-10,13,16-18H2,(H,38,40)(H,35,36,37)/t23-,24-/m0/s1. The van der Waals surface area contributed by atoms with E-state index in [1.54, 1.807) is 42.5 Å². The number of hydrogen-bond acceptors (Lipinski definition) is 8. The molecular weight excluding hydrogens is 573 g/mol. The van der Waals surface area contributed by atoms with Crippen molar-refractivity contribution in [1.82, 2.24) is 14.9 Å². The van der Waals surface area contributed by atoms with Crippen LogP contribution in [0.3, 0.4) is 0 Å². The Hall–Kier alpha value is -4.25. The second-order valence-electron chi connectivity index (χ2n) is 10.5. The van der Waals surface area contributed by atoms with E-state index >= 15 is 0 Å². The third kappa shape index (κ3) is 6.88. The number of nitrogens with one attached hydrogen (secondary N) is 2. The maximum absolute atomic E-state index is 13.5. The number of halogens is 2. The molecule has 0 saturated carbocycles. The van der Waals surface area contributed by atoms with E-state index < -0.39 is 0 Å². The number of likely N-dealkylation sites (tertiary alicyclic amines) is 1. The van der Waals surface area contributed by atoms with E-state index in [1.807, 2.05) is 0 Å². The molecule has 2 aliphatic rings. The van der Waals surface area contributed by atoms with Crippen molar-refractivity contribution in [2.75, 3.05) is 36.9 Å². The number of ether oxygens (including phenoxy) is 3. The Morgan fingerprint density at radius 1 is 1.16 bits per heavy atom. The van der Waals surface area contributed by atoms with Crippen LogP contribution in [0.5, 0.6) is 11.5 Å². The van der Waals surface area contributed by atoms with Crippen molar-refractivity contribution in [2.45, 2.75) is 31.6 Å². The van der Waals surface area contributed by atoms with Gasteiger partial charge in [-0.3, -0.25) is 9.69 Å². The molecule has 2 fully saturated rings. The average Bonchev–Trinajstić information content (AvgIpc) is 3.63. The van der Waals surface area contributed by atoms with Crippen molar-refractivity contribution < 1.29 is 23.4 Å². The van der Waals surface area contributed by atoms with Gasteiger partial charge in [-0.25, -0.2) is 14.4 Å². The first-order chi connectivity index (χ1) is 20.9. The normalized spacial score (nSPS) is 17.6. The molecule has 0 radical (unpaired) electrons. The number of morpholine rings is 1. The Bertz CT molecular complexity index is 1650. The highest BCUT2D eigenvalue weighted by molar-refractivity contribution is 6.32. The summed E-state index contributed by atoms with van der Waals surface area (Å²) in [5.74, 6) is 0.813. The number of fused-ring (bicyclic) bond motifs is 3. The molecule has 3 heterocycles. The van der Waals surface area contributed by atoms with Crippen LogP contribution in [-0.2, 0) is 16.1 Å². The lowest BCUT2D eigenvalue weighted by Crippen LogP contribution is -2.37. The smallest absolute Gasteiger partial charge is 0.247 e. The highest BCUT2D eigenvalue weighted by Crippen LogP contribution is 2.35. The number of benzene rings is 3. The fourth-order valence-corrected chi connectivity index (χ4v) is 5.64. The molecule has 4 aromatic rings. The number of carbonyl (C=O) groups excluding carboxylic acids is 1. The van der Waals surface area contributed by atoms with Crippen molar-refractivity contribution >= 4 is 45.6 Å². The summed E-state index contributed by atoms with van der Waals surface area (Å²) in [5, 5.41) is 7.17. The minimum Gasteiger partial charge on any atom is -0.491 e. The van der Waals surface area contributed by atoms with E-state index in [9.17, 15) is 9.18 Å². The summed E-state index contributed by atoms with van der Waals surface area (Å²) in [5.41, 5.74) is 2.49. The van der Waals surface area contributed by atoms with Crippen LogP contribution in [0.2, 0.25) is 5.02 Å². The number of hydrogen-bond donors (Lipinski definition) is 2. The van der Waals surface area contributed by atoms with Crippen LogP contribution in [-0.4, -0.2) is 59.2 Å². The molecule has 43 heavy (non-hydrogen) atoms. The molecule has 2 N–H and O–H groups in total. The molecule has 3 aromatic carbocycles. The van der Waals surface area contributed by atoms with Gasteiger partial charge in [0.15, 0.2) is 0 Å². The Balaban J connectivity index is 1.16. The molecule has 2 saturated heterocycles. The van der Waals surface area contributed by atoms with Crippen molar-refractivity contribution in [2.24, 2.45) is 0 Å². The molecule has 222 valence electrons. The number of nitrogens with zero attached hydrogens (tertiary/aromatic N) is 3. The minimum absolute atomic E-state index is 0.179. The first-order valence-electron chi connectivity index (χ1n) is 14.1. The van der Waals surface area contributed by atoms with Crippen LogP contribution < -0.4 is 20.1 Å². The maximum atomic E-state index is 13.5. The predicted octanol–water partition coefficient (Wildman–Crippen LogP) is 6.11. The molecular formula is C32H31ClFN5O4. The zero-order chi connectivity index (χ0) is 29.8. The summed E-state index contributed by atoms with van der Waals surface area (Å²) in [6.07, 6.45) is 4.98. The van der Waals surface area contributed by atoms with Crippen LogP contribution in [0.25, 0.3) is 10.9 Å². The van der Waals surface area contributed by atoms with E-state index in [0.717, 1.165) is 32.5 Å². The maximum Gasteiger partial charge on any atom is 0.247 e. The Morgan fingerprint density at radius 2 is 2.07 bits per heavy atom. The van der Waals surface area contributed by atoms with Gasteiger partial charge in [-0.05, 0) is 60.9 Å². The highest BCUT2D eigenvalue weighted by atomic mass is 35.5. The topological polar surface area (TPSA) is 97.8 Å². The van der Waals surface area contributed by atoms with Crippen molar-refractivity contribution in [3.63, 3.8) is 0 Å². The lowest BCUT2D eigenvalue weighted by atomic mass is 10.1. The van der Waals surface area contributed by atoms with E-state index in [2.05, 4.69) is 32.1 Å². The van der Waals surface area contributed by atoms with Crippen LogP contribution in [0.15, 0.2) is 73.6 Å². The molecule has 11 heteroatoms. The van der Waals surface area contributed by atoms with Gasteiger partial charge in [-0.2, -0.15) is 0 Å². The van der Waals surface area contributed by atoms with Crippen molar-refractivity contribution in [3.05, 3.63) is 90.0 Å². The first-order valence-corrected chi connectivity index (χ1v) is 14.5. The third-order valence-electron chi connectivity index (χ3n) is 7.52. The second kappa shape index (κ2) is 12.9. The molecule has 1 amide bonds. The quantitative estimate of drug-likeness (QED) is 0.148. The molecule has 0 aliphatic carbocycles. The molecule has 2 bridgehead atoms. The van der Waals surface area contributed by atoms with Gasteiger partial charge in [-0.15, -0.1) is 0 Å². The Kier molecular flexibility index (Phi) is 8.69. The predicted molar refractivity (Wildman–Crippen MR) is 164 cm³/mol. The van der Waals surface area contributed by atoms with Crippen LogP contribution in [0, 0.1) is 5.82 Å². The SMILES string of the molecule is C=CC(=O)Nc1cc2c(Nc3ccc(OCc4cccc(F)c4)c(Cl)c3)ncnc2cc1OCCCN1C[C@@H]2C[C@H]1CO2. The largest absolute Gasteiger partial charge is 0.491 e. The summed E-state index contributed by atoms with van der Waals surface area (Å²) in [7, 11) is 0. The number of rotatable bonds is 12. The van der Waals surface area contributed by atoms with Gasteiger partial charge < -0.3 is 24.8 Å². The Morgan fingerprint density at radius 3 is 2.84 bits per heavy atom. The third-order valence-corrected chi connectivity index (χ3v) is 7.81. The van der Waals surface area contributed by atoms with Gasteiger partial charge >= 0.3 is 0 Å². The van der Waals surface area contributed by atoms with E-state index in [0.29, 0.717) is 68.9 Å². The first kappa shape index (κ1) is 28.9. The minimum atomic E-state index is -0.357. The number of carbonyl (C=O) groups is 1. The van der Waals surface area contributed by atoms with Gasteiger partial charge in [0, 0.05) is 36.3 Å². The summed E-state index contributed by atoms with van der Waals surface area (Å²) in [4.78, 5) is 23.6. The van der Waals surface area contributed by atoms with Gasteiger partial charge in [-0.1, -0.05) is 30.3 Å². The zero-order valence-electron chi connectivity index (χ0n) is 23.4. The number of aromatic nitrogens is 2. The monoisotopic (exact) mass is 603 g/mol. The summed E-state index contributed by atoms with van der Waals surface area (Å²) in [6.45, 7) is 6.95. The lowest BCUT2D eigenvalue weighted by Gasteiger charge is -2.26. The Labute approximate surface area is 253 Å². The molecule has 2 aliphatic heterocycles. The summed E-state index contributed by atoms with van der Waals surface area (Å²) >= 11 is 6.50. The van der Waals surface area contributed by atoms with Crippen molar-refractivity contribution in [1.29, 1.82) is 0 Å². The van der Waals surface area contributed by atoms with E-state index in [4.69, 9.17) is 25.8 Å². The average molecular weight is 604 g/mol. The fourth-order valence-electron chi connectivity index (χ4n) is 5.41. The molecule has 1 aromatic heterocycles. The number of amides is 1. The molecule has 6 rings (SSSR count). The molecule has 2 atom stereocenters. The highest BCUT2D eigenvalue weighted by Gasteiger charge is 2.38. The molecule has 0 unspecified atom stereocenters. The molecule has 0 spiro atoms. The second-order valence-corrected chi connectivity index (χ2v) is 10.9. The van der Waals surface area contributed by atoms with Gasteiger partial charge in [0.05, 0.1) is 35.5 Å². The zero-order valence-corrected chi connectivity index (χ0v) is 24.1. The van der Waals surface area contributed by atoms with Crippen LogP contribution >= 0.6 is 11.6 Å².